The van der Waals surface area contributed by atoms with Crippen LogP contribution in [0.5, 0.6) is 0 Å². The molecule has 2 aliphatic rings. The van der Waals surface area contributed by atoms with Gasteiger partial charge in [0.05, 0.1) is 5.56 Å². The Balaban J connectivity index is 1.39. The fraction of sp³-hybridized carbons (Fsp3) is 0.188. The number of aromatic nitrogens is 1. The van der Waals surface area contributed by atoms with Crippen LogP contribution in [0.15, 0.2) is 85.1 Å². The molecule has 2 N–H and O–H groups in total. The molecule has 7 heteroatoms. The molecular formula is C32H26FN5O. The summed E-state index contributed by atoms with van der Waals surface area (Å²) in [4.78, 5) is 19.6. The van der Waals surface area contributed by atoms with Crippen LogP contribution in [0, 0.1) is 35.4 Å². The largest absolute Gasteiger partial charge is 0.355 e. The number of nitriles is 1. The number of likely N-dealkylation sites (tertiary alicyclic amines) is 1. The third-order valence-electron chi connectivity index (χ3n) is 8.13. The second-order valence-corrected chi connectivity index (χ2v) is 10.3. The Labute approximate surface area is 226 Å². The van der Waals surface area contributed by atoms with E-state index in [-0.39, 0.29) is 40.2 Å². The normalized spacial score (nSPS) is 21.1. The minimum Gasteiger partial charge on any atom is -0.355 e. The Morgan fingerprint density at radius 1 is 1.15 bits per heavy atom. The fourth-order valence-electron chi connectivity index (χ4n) is 6.38. The van der Waals surface area contributed by atoms with Gasteiger partial charge >= 0.3 is 0 Å². The maximum absolute atomic E-state index is 13.5. The van der Waals surface area contributed by atoms with Gasteiger partial charge in [-0.1, -0.05) is 30.3 Å². The minimum absolute atomic E-state index is 0.184. The number of aryl methyl sites for hydroxylation is 1. The van der Waals surface area contributed by atoms with Crippen molar-refractivity contribution in [2.75, 3.05) is 18.4 Å². The van der Waals surface area contributed by atoms with Crippen molar-refractivity contribution in [3.8, 4) is 6.07 Å². The molecule has 1 aliphatic carbocycles. The number of hydrogen-bond donors (Lipinski definition) is 2. The summed E-state index contributed by atoms with van der Waals surface area (Å²) in [5, 5.41) is 21.0. The highest BCUT2D eigenvalue weighted by Gasteiger charge is 2.71. The molecule has 6 rings (SSSR count). The lowest BCUT2D eigenvalue weighted by Gasteiger charge is -2.26. The van der Waals surface area contributed by atoms with Gasteiger partial charge in [0.15, 0.2) is 0 Å². The van der Waals surface area contributed by atoms with E-state index < -0.39 is 0 Å². The SMILES string of the molecule is Cc1cc(Nc2ccc(F)cc2)c(C=N)cc1C12CN(C(=O)c3ncccc3C#N)CC1C2c1ccccc1. The van der Waals surface area contributed by atoms with Crippen LogP contribution in [0.3, 0.4) is 0 Å². The van der Waals surface area contributed by atoms with Gasteiger partial charge in [-0.15, -0.1) is 0 Å². The molecule has 0 radical (unpaired) electrons. The molecule has 0 bridgehead atoms. The van der Waals surface area contributed by atoms with Crippen LogP contribution >= 0.6 is 0 Å². The van der Waals surface area contributed by atoms with Gasteiger partial charge in [-0.3, -0.25) is 4.79 Å². The van der Waals surface area contributed by atoms with E-state index in [2.05, 4.69) is 41.5 Å². The van der Waals surface area contributed by atoms with Gasteiger partial charge in [0, 0.05) is 53.8 Å². The van der Waals surface area contributed by atoms with Crippen molar-refractivity contribution in [3.05, 3.63) is 124 Å². The highest BCUT2D eigenvalue weighted by atomic mass is 19.1. The molecule has 2 fully saturated rings. The predicted octanol–water partition coefficient (Wildman–Crippen LogP) is 5.95. The first kappa shape index (κ1) is 24.5. The Kier molecular flexibility index (Phi) is 5.96. The molecule has 1 saturated heterocycles. The van der Waals surface area contributed by atoms with Crippen molar-refractivity contribution < 1.29 is 9.18 Å². The van der Waals surface area contributed by atoms with Crippen molar-refractivity contribution in [1.29, 1.82) is 10.7 Å². The number of pyridine rings is 1. The fourth-order valence-corrected chi connectivity index (χ4v) is 6.38. The summed E-state index contributed by atoms with van der Waals surface area (Å²) in [6.07, 6.45) is 2.87. The molecule has 4 aromatic rings. The van der Waals surface area contributed by atoms with Gasteiger partial charge in [-0.25, -0.2) is 9.37 Å². The van der Waals surface area contributed by atoms with Crippen LogP contribution in [0.25, 0.3) is 0 Å². The number of nitrogens with one attached hydrogen (secondary N) is 2. The molecule has 6 nitrogen and oxygen atoms in total. The van der Waals surface area contributed by atoms with Crippen LogP contribution in [0.4, 0.5) is 15.8 Å². The lowest BCUT2D eigenvalue weighted by Crippen LogP contribution is -2.35. The van der Waals surface area contributed by atoms with Crippen molar-refractivity contribution in [1.82, 2.24) is 9.88 Å². The summed E-state index contributed by atoms with van der Waals surface area (Å²) in [6, 6.07) is 25.9. The third-order valence-corrected chi connectivity index (χ3v) is 8.13. The summed E-state index contributed by atoms with van der Waals surface area (Å²) in [7, 11) is 0. The lowest BCUT2D eigenvalue weighted by atomic mass is 9.85. The number of carbonyl (C=O) groups is 1. The number of rotatable bonds is 6. The summed E-state index contributed by atoms with van der Waals surface area (Å²) < 4.78 is 13.4. The third kappa shape index (κ3) is 4.05. The van der Waals surface area contributed by atoms with Gasteiger partial charge in [0.25, 0.3) is 5.91 Å². The van der Waals surface area contributed by atoms with Crippen LogP contribution in [-0.2, 0) is 5.41 Å². The quantitative estimate of drug-likeness (QED) is 0.311. The Bertz CT molecular complexity index is 1630. The Morgan fingerprint density at radius 3 is 2.64 bits per heavy atom. The molecule has 3 aromatic carbocycles. The van der Waals surface area contributed by atoms with Crippen molar-refractivity contribution in [3.63, 3.8) is 0 Å². The average Bonchev–Trinajstić information content (AvgIpc) is 3.42. The summed E-state index contributed by atoms with van der Waals surface area (Å²) in [5.41, 5.74) is 5.76. The highest BCUT2D eigenvalue weighted by Crippen LogP contribution is 2.70. The number of amides is 1. The second kappa shape index (κ2) is 9.48. The van der Waals surface area contributed by atoms with Crippen LogP contribution < -0.4 is 5.32 Å². The Morgan fingerprint density at radius 2 is 1.92 bits per heavy atom. The van der Waals surface area contributed by atoms with Gasteiger partial charge in [0.2, 0.25) is 0 Å². The molecule has 2 heterocycles. The molecular weight excluding hydrogens is 489 g/mol. The molecule has 3 unspecified atom stereocenters. The van der Waals surface area contributed by atoms with E-state index in [1.54, 1.807) is 30.5 Å². The zero-order chi connectivity index (χ0) is 27.1. The zero-order valence-corrected chi connectivity index (χ0v) is 21.4. The zero-order valence-electron chi connectivity index (χ0n) is 21.4. The lowest BCUT2D eigenvalue weighted by molar-refractivity contribution is 0.0763. The van der Waals surface area contributed by atoms with Crippen molar-refractivity contribution in [2.45, 2.75) is 18.3 Å². The summed E-state index contributed by atoms with van der Waals surface area (Å²) in [5.74, 6) is -0.107. The van der Waals surface area contributed by atoms with Crippen LogP contribution in [-0.4, -0.2) is 35.1 Å². The first-order chi connectivity index (χ1) is 19.0. The first-order valence-electron chi connectivity index (χ1n) is 12.8. The maximum atomic E-state index is 13.5. The molecule has 192 valence electrons. The van der Waals surface area contributed by atoms with Crippen molar-refractivity contribution >= 4 is 23.5 Å². The number of anilines is 2. The number of halogens is 1. The van der Waals surface area contributed by atoms with E-state index in [0.29, 0.717) is 18.7 Å². The summed E-state index contributed by atoms with van der Waals surface area (Å²) in [6.45, 7) is 3.12. The minimum atomic E-state index is -0.311. The van der Waals surface area contributed by atoms with Crippen molar-refractivity contribution in [2.24, 2.45) is 5.92 Å². The predicted molar refractivity (Wildman–Crippen MR) is 148 cm³/mol. The molecule has 1 amide bonds. The van der Waals surface area contributed by atoms with Crippen LogP contribution in [0.2, 0.25) is 0 Å². The number of fused-ring (bicyclic) bond motifs is 1. The molecule has 3 atom stereocenters. The number of benzene rings is 3. The number of carbonyl (C=O) groups excluding carboxylic acids is 1. The molecule has 1 aliphatic heterocycles. The van der Waals surface area contributed by atoms with E-state index in [1.807, 2.05) is 29.2 Å². The smallest absolute Gasteiger partial charge is 0.273 e. The Hall–Kier alpha value is -4.83. The van der Waals surface area contributed by atoms with E-state index in [1.165, 1.54) is 23.9 Å². The van der Waals surface area contributed by atoms with E-state index in [0.717, 1.165) is 22.5 Å². The second-order valence-electron chi connectivity index (χ2n) is 10.3. The average molecular weight is 516 g/mol. The molecule has 1 aromatic heterocycles. The maximum Gasteiger partial charge on any atom is 0.273 e. The monoisotopic (exact) mass is 515 g/mol. The topological polar surface area (TPSA) is 92.9 Å². The first-order valence-corrected chi connectivity index (χ1v) is 12.8. The van der Waals surface area contributed by atoms with E-state index in [9.17, 15) is 14.4 Å². The highest BCUT2D eigenvalue weighted by molar-refractivity contribution is 5.95. The molecule has 1 saturated carbocycles. The number of piperidine rings is 1. The van der Waals surface area contributed by atoms with Gasteiger partial charge < -0.3 is 15.6 Å². The van der Waals surface area contributed by atoms with E-state index >= 15 is 0 Å². The number of nitrogens with zero attached hydrogens (tertiary/aromatic N) is 3. The van der Waals surface area contributed by atoms with Gasteiger partial charge in [-0.05, 0) is 78.1 Å². The van der Waals surface area contributed by atoms with Gasteiger partial charge in [0.1, 0.15) is 17.6 Å². The van der Waals surface area contributed by atoms with E-state index in [4.69, 9.17) is 5.41 Å². The standard InChI is InChI=1S/C32H26FN5O/c1-20-14-28(37-25-11-9-24(33)10-12-25)23(17-35)15-26(20)32-19-38(31(39)30-22(16-34)8-5-13-36-30)18-27(32)29(32)21-6-3-2-4-7-21/h2-15,17,27,29,35,37H,18-19H2,1H3. The van der Waals surface area contributed by atoms with Crippen LogP contribution in [0.1, 0.15) is 44.2 Å². The number of hydrogen-bond acceptors (Lipinski definition) is 5. The molecule has 0 spiro atoms. The molecule has 39 heavy (non-hydrogen) atoms. The van der Waals surface area contributed by atoms with Gasteiger partial charge in [-0.2, -0.15) is 5.26 Å². The summed E-state index contributed by atoms with van der Waals surface area (Å²) >= 11 is 0.